The van der Waals surface area contributed by atoms with E-state index in [2.05, 4.69) is 5.32 Å². The summed E-state index contributed by atoms with van der Waals surface area (Å²) in [5.74, 6) is -2.22. The first kappa shape index (κ1) is 15.1. The summed E-state index contributed by atoms with van der Waals surface area (Å²) >= 11 is 0. The molecule has 104 valence electrons. The van der Waals surface area contributed by atoms with E-state index in [1.807, 2.05) is 6.07 Å². The molecule has 0 fully saturated rings. The number of aliphatic carboxylic acids is 1. The lowest BCUT2D eigenvalue weighted by atomic mass is 9.98. The van der Waals surface area contributed by atoms with E-state index in [1.54, 1.807) is 24.3 Å². The molecule has 0 aliphatic heterocycles. The third kappa shape index (κ3) is 4.35. The summed E-state index contributed by atoms with van der Waals surface area (Å²) in [6, 6.07) is 7.82. The van der Waals surface area contributed by atoms with Crippen molar-refractivity contribution in [2.45, 2.75) is 18.4 Å². The van der Waals surface area contributed by atoms with Crippen LogP contribution in [0, 0.1) is 0 Å². The van der Waals surface area contributed by atoms with Gasteiger partial charge in [-0.05, 0) is 5.56 Å². The molecule has 6 nitrogen and oxygen atoms in total. The van der Waals surface area contributed by atoms with Crippen molar-refractivity contribution in [2.75, 3.05) is 13.2 Å². The SMILES string of the molecule is NCC(C(=O)NC(CCO)C(=O)O)c1ccccc1. The van der Waals surface area contributed by atoms with Crippen molar-refractivity contribution in [3.05, 3.63) is 35.9 Å². The van der Waals surface area contributed by atoms with Crippen LogP contribution in [0.3, 0.4) is 0 Å². The number of carbonyl (C=O) groups excluding carboxylic acids is 1. The van der Waals surface area contributed by atoms with Crippen molar-refractivity contribution in [2.24, 2.45) is 5.73 Å². The lowest BCUT2D eigenvalue weighted by molar-refractivity contribution is -0.142. The highest BCUT2D eigenvalue weighted by atomic mass is 16.4. The predicted octanol–water partition coefficient (Wildman–Crippen LogP) is -0.319. The summed E-state index contributed by atoms with van der Waals surface area (Å²) in [7, 11) is 0. The molecule has 19 heavy (non-hydrogen) atoms. The van der Waals surface area contributed by atoms with E-state index in [-0.39, 0.29) is 19.6 Å². The average molecular weight is 266 g/mol. The van der Waals surface area contributed by atoms with Gasteiger partial charge in [-0.15, -0.1) is 0 Å². The highest BCUT2D eigenvalue weighted by Crippen LogP contribution is 2.14. The third-order valence-corrected chi connectivity index (χ3v) is 2.79. The summed E-state index contributed by atoms with van der Waals surface area (Å²) in [6.07, 6.45) is -0.0346. The van der Waals surface area contributed by atoms with E-state index in [4.69, 9.17) is 15.9 Å². The van der Waals surface area contributed by atoms with Gasteiger partial charge in [0.15, 0.2) is 0 Å². The molecule has 0 saturated heterocycles. The van der Waals surface area contributed by atoms with Gasteiger partial charge in [0, 0.05) is 19.6 Å². The van der Waals surface area contributed by atoms with Crippen LogP contribution in [0.4, 0.5) is 0 Å². The number of aliphatic hydroxyl groups excluding tert-OH is 1. The van der Waals surface area contributed by atoms with Crippen LogP contribution in [0.2, 0.25) is 0 Å². The van der Waals surface area contributed by atoms with Crippen LogP contribution in [0.15, 0.2) is 30.3 Å². The maximum atomic E-state index is 12.0. The number of carboxylic acids is 1. The van der Waals surface area contributed by atoms with Gasteiger partial charge in [-0.3, -0.25) is 4.79 Å². The summed E-state index contributed by atoms with van der Waals surface area (Å²) in [5, 5.41) is 20.1. The molecule has 0 bridgehead atoms. The molecule has 0 spiro atoms. The zero-order valence-electron chi connectivity index (χ0n) is 10.5. The molecule has 1 aromatic rings. The van der Waals surface area contributed by atoms with Crippen LogP contribution >= 0.6 is 0 Å². The number of carbonyl (C=O) groups is 2. The first-order valence-corrected chi connectivity index (χ1v) is 5.99. The normalized spacial score (nSPS) is 13.6. The Balaban J connectivity index is 2.76. The van der Waals surface area contributed by atoms with Crippen LogP contribution < -0.4 is 11.1 Å². The molecule has 0 heterocycles. The van der Waals surface area contributed by atoms with E-state index in [0.29, 0.717) is 0 Å². The maximum absolute atomic E-state index is 12.0. The molecule has 0 aliphatic rings. The standard InChI is InChI=1S/C13H18N2O4/c14-8-10(9-4-2-1-3-5-9)12(17)15-11(6-7-16)13(18)19/h1-5,10-11,16H,6-8,14H2,(H,15,17)(H,18,19). The molecule has 2 unspecified atom stereocenters. The number of hydrogen-bond donors (Lipinski definition) is 4. The minimum atomic E-state index is -1.17. The van der Waals surface area contributed by atoms with E-state index in [9.17, 15) is 9.59 Å². The highest BCUT2D eigenvalue weighted by molar-refractivity contribution is 5.88. The average Bonchev–Trinajstić information content (AvgIpc) is 2.40. The van der Waals surface area contributed by atoms with Gasteiger partial charge in [0.1, 0.15) is 6.04 Å². The molecule has 0 saturated carbocycles. The van der Waals surface area contributed by atoms with Crippen molar-refractivity contribution >= 4 is 11.9 Å². The van der Waals surface area contributed by atoms with Gasteiger partial charge in [-0.1, -0.05) is 30.3 Å². The van der Waals surface area contributed by atoms with Crippen LogP contribution in [-0.2, 0) is 9.59 Å². The smallest absolute Gasteiger partial charge is 0.326 e. The molecule has 1 rings (SSSR count). The minimum absolute atomic E-state index is 0.0346. The Labute approximate surface area is 111 Å². The van der Waals surface area contributed by atoms with Crippen LogP contribution in [0.5, 0.6) is 0 Å². The quantitative estimate of drug-likeness (QED) is 0.540. The fourth-order valence-electron chi connectivity index (χ4n) is 1.74. The second-order valence-corrected chi connectivity index (χ2v) is 4.11. The third-order valence-electron chi connectivity index (χ3n) is 2.79. The van der Waals surface area contributed by atoms with Gasteiger partial charge in [0.05, 0.1) is 5.92 Å². The van der Waals surface area contributed by atoms with Gasteiger partial charge in [0.25, 0.3) is 0 Å². The lowest BCUT2D eigenvalue weighted by Crippen LogP contribution is -2.44. The Kier molecular flexibility index (Phi) is 5.98. The molecule has 0 radical (unpaired) electrons. The van der Waals surface area contributed by atoms with Crippen molar-refractivity contribution < 1.29 is 19.8 Å². The number of carboxylic acid groups (broad SMARTS) is 1. The van der Waals surface area contributed by atoms with E-state index >= 15 is 0 Å². The van der Waals surface area contributed by atoms with Gasteiger partial charge in [-0.2, -0.15) is 0 Å². The Morgan fingerprint density at radius 3 is 2.37 bits per heavy atom. The fraction of sp³-hybridized carbons (Fsp3) is 0.385. The van der Waals surface area contributed by atoms with Gasteiger partial charge in [-0.25, -0.2) is 4.79 Å². The number of benzene rings is 1. The Morgan fingerprint density at radius 2 is 1.89 bits per heavy atom. The van der Waals surface area contributed by atoms with E-state index < -0.39 is 23.8 Å². The first-order valence-electron chi connectivity index (χ1n) is 5.99. The zero-order valence-corrected chi connectivity index (χ0v) is 10.5. The van der Waals surface area contributed by atoms with E-state index in [1.165, 1.54) is 0 Å². The van der Waals surface area contributed by atoms with E-state index in [0.717, 1.165) is 5.56 Å². The van der Waals surface area contributed by atoms with Gasteiger partial charge < -0.3 is 21.3 Å². The second-order valence-electron chi connectivity index (χ2n) is 4.11. The van der Waals surface area contributed by atoms with Crippen molar-refractivity contribution in [3.63, 3.8) is 0 Å². The molecular weight excluding hydrogens is 248 g/mol. The summed E-state index contributed by atoms with van der Waals surface area (Å²) in [5.41, 5.74) is 6.31. The monoisotopic (exact) mass is 266 g/mol. The zero-order chi connectivity index (χ0) is 14.3. The van der Waals surface area contributed by atoms with Crippen molar-refractivity contribution in [1.29, 1.82) is 0 Å². The molecule has 5 N–H and O–H groups in total. The second kappa shape index (κ2) is 7.50. The lowest BCUT2D eigenvalue weighted by Gasteiger charge is -2.19. The van der Waals surface area contributed by atoms with Crippen molar-refractivity contribution in [3.8, 4) is 0 Å². The molecule has 1 aromatic carbocycles. The fourth-order valence-corrected chi connectivity index (χ4v) is 1.74. The summed E-state index contributed by atoms with van der Waals surface area (Å²) in [4.78, 5) is 22.9. The van der Waals surface area contributed by atoms with Crippen LogP contribution in [-0.4, -0.2) is 41.3 Å². The number of nitrogens with two attached hydrogens (primary N) is 1. The first-order chi connectivity index (χ1) is 9.10. The number of aliphatic hydroxyl groups is 1. The highest BCUT2D eigenvalue weighted by Gasteiger charge is 2.25. The maximum Gasteiger partial charge on any atom is 0.326 e. The van der Waals surface area contributed by atoms with Gasteiger partial charge >= 0.3 is 5.97 Å². The molecular formula is C13H18N2O4. The van der Waals surface area contributed by atoms with Crippen molar-refractivity contribution in [1.82, 2.24) is 5.32 Å². The largest absolute Gasteiger partial charge is 0.480 e. The topological polar surface area (TPSA) is 113 Å². The summed E-state index contributed by atoms with van der Waals surface area (Å²) in [6.45, 7) is -0.225. The molecule has 2 atom stereocenters. The Hall–Kier alpha value is -1.92. The molecule has 0 aromatic heterocycles. The van der Waals surface area contributed by atoms with Gasteiger partial charge in [0.2, 0.25) is 5.91 Å². The predicted molar refractivity (Wildman–Crippen MR) is 69.5 cm³/mol. The summed E-state index contributed by atoms with van der Waals surface area (Å²) < 4.78 is 0. The number of amides is 1. The molecule has 6 heteroatoms. The Morgan fingerprint density at radius 1 is 1.26 bits per heavy atom. The number of nitrogens with one attached hydrogen (secondary N) is 1. The minimum Gasteiger partial charge on any atom is -0.480 e. The number of rotatable bonds is 7. The number of hydrogen-bond acceptors (Lipinski definition) is 4. The van der Waals surface area contributed by atoms with Crippen LogP contribution in [0.25, 0.3) is 0 Å². The molecule has 0 aliphatic carbocycles. The Bertz CT molecular complexity index is 422. The molecule has 1 amide bonds. The van der Waals surface area contributed by atoms with Crippen LogP contribution in [0.1, 0.15) is 17.9 Å².